The van der Waals surface area contributed by atoms with Gasteiger partial charge in [0.05, 0.1) is 24.5 Å². The molecule has 0 unspecified atom stereocenters. The van der Waals surface area contributed by atoms with Crippen LogP contribution < -0.4 is 0 Å². The van der Waals surface area contributed by atoms with E-state index < -0.39 is 0 Å². The fraction of sp³-hybridized carbons (Fsp3) is 0.368. The van der Waals surface area contributed by atoms with Crippen molar-refractivity contribution in [3.05, 3.63) is 85.2 Å². The number of nitrogens with zero attached hydrogens (tertiary/aromatic N) is 6. The summed E-state index contributed by atoms with van der Waals surface area (Å²) < 4.78 is 30.7. The lowest BCUT2D eigenvalue weighted by Gasteiger charge is -2.32. The van der Waals surface area contributed by atoms with Crippen LogP contribution in [0.2, 0.25) is 0 Å². The molecule has 2 N–H and O–H groups in total. The molecule has 12 heteroatoms. The summed E-state index contributed by atoms with van der Waals surface area (Å²) >= 11 is 0. The average molecular weight is 679 g/mol. The van der Waals surface area contributed by atoms with Gasteiger partial charge in [0, 0.05) is 108 Å². The maximum atomic E-state index is 13.4. The third-order valence-electron chi connectivity index (χ3n) is 10.5. The quantitative estimate of drug-likeness (QED) is 0.203. The smallest absolute Gasteiger partial charge is 0.225 e. The first-order valence-electron chi connectivity index (χ1n) is 17.5. The van der Waals surface area contributed by atoms with Crippen molar-refractivity contribution in [2.24, 2.45) is 5.92 Å². The van der Waals surface area contributed by atoms with E-state index in [1.807, 2.05) is 50.1 Å². The van der Waals surface area contributed by atoms with Gasteiger partial charge in [-0.25, -0.2) is 8.78 Å². The summed E-state index contributed by atoms with van der Waals surface area (Å²) in [6, 6.07) is 10.2. The van der Waals surface area contributed by atoms with Crippen LogP contribution in [-0.4, -0.2) is 77.3 Å². The molecule has 6 heterocycles. The maximum absolute atomic E-state index is 13.4. The summed E-state index contributed by atoms with van der Waals surface area (Å²) in [5.74, 6) is 0.295. The molecule has 3 aliphatic rings. The molecule has 3 fully saturated rings. The number of hydrogen-bond acceptors (Lipinski definition) is 4. The van der Waals surface area contributed by atoms with E-state index in [1.165, 1.54) is 24.3 Å². The van der Waals surface area contributed by atoms with E-state index in [9.17, 15) is 18.4 Å². The van der Waals surface area contributed by atoms with E-state index in [0.717, 1.165) is 109 Å². The van der Waals surface area contributed by atoms with Crippen molar-refractivity contribution in [1.82, 2.24) is 39.3 Å². The van der Waals surface area contributed by atoms with E-state index in [-0.39, 0.29) is 17.5 Å². The predicted octanol–water partition coefficient (Wildman–Crippen LogP) is 7.10. The Kier molecular flexibility index (Phi) is 8.45. The Bertz CT molecular complexity index is 2160. The number of likely N-dealkylation sites (tertiary alicyclic amines) is 2. The van der Waals surface area contributed by atoms with Gasteiger partial charge in [-0.3, -0.25) is 19.0 Å². The van der Waals surface area contributed by atoms with Gasteiger partial charge in [0.15, 0.2) is 0 Å². The molecule has 1 saturated carbocycles. The molecule has 1 aliphatic carbocycles. The van der Waals surface area contributed by atoms with E-state index in [1.54, 1.807) is 19.1 Å². The summed E-state index contributed by atoms with van der Waals surface area (Å²) in [6.45, 7) is 4.82. The fourth-order valence-corrected chi connectivity index (χ4v) is 7.41. The molecular weight excluding hydrogens is 638 g/mol. The molecule has 0 atom stereocenters. The van der Waals surface area contributed by atoms with Gasteiger partial charge in [-0.2, -0.15) is 10.2 Å². The number of amides is 2. The van der Waals surface area contributed by atoms with Gasteiger partial charge in [0.2, 0.25) is 11.8 Å². The normalized spacial score (nSPS) is 17.3. The van der Waals surface area contributed by atoms with Gasteiger partial charge in [-0.1, -0.05) is 0 Å². The number of aromatic amines is 2. The number of rotatable bonds is 5. The minimum absolute atomic E-state index is 0.139. The van der Waals surface area contributed by atoms with Gasteiger partial charge in [-0.15, -0.1) is 0 Å². The third-order valence-corrected chi connectivity index (χ3v) is 10.5. The lowest BCUT2D eigenvalue weighted by molar-refractivity contribution is -0.134. The number of hydrogen-bond donors (Lipinski definition) is 2. The van der Waals surface area contributed by atoms with Crippen LogP contribution in [-0.2, 0) is 9.59 Å². The largest absolute Gasteiger partial charge is 0.360 e. The standard InChI is InChI=1S/C20H21FN4O.C18H19FN4O/c21-15-3-4-17-18(11-22-19(17)9-15)14-10-23-25(12-14)16-5-7-24(8-6-16)20(26)13-1-2-13;1-12(24)22-6-4-15(5-7-22)23-11-13(9-21-23)17-10-20-18-8-14(19)2-3-16(17)18/h3-4,9-13,16,22H,1-2,5-8H2;2-3,8-11,15,20H,4-7H2,1H3. The molecule has 10 nitrogen and oxygen atoms in total. The third kappa shape index (κ3) is 6.41. The second-order valence-corrected chi connectivity index (χ2v) is 13.8. The first-order chi connectivity index (χ1) is 24.3. The number of fused-ring (bicyclic) bond motifs is 2. The van der Waals surface area contributed by atoms with E-state index in [0.29, 0.717) is 23.9 Å². The molecule has 2 aliphatic heterocycles. The Balaban J connectivity index is 0.000000145. The van der Waals surface area contributed by atoms with Crippen molar-refractivity contribution in [3.63, 3.8) is 0 Å². The van der Waals surface area contributed by atoms with Gasteiger partial charge in [-0.05, 0) is 74.9 Å². The highest BCUT2D eigenvalue weighted by molar-refractivity contribution is 5.96. The van der Waals surface area contributed by atoms with Crippen LogP contribution in [0, 0.1) is 17.6 Å². The van der Waals surface area contributed by atoms with Crippen molar-refractivity contribution in [2.45, 2.75) is 57.5 Å². The van der Waals surface area contributed by atoms with Gasteiger partial charge >= 0.3 is 0 Å². The zero-order valence-corrected chi connectivity index (χ0v) is 28.0. The topological polar surface area (TPSA) is 108 Å². The Hall–Kier alpha value is -5.26. The number of carbonyl (C=O) groups is 2. The van der Waals surface area contributed by atoms with Crippen molar-refractivity contribution in [1.29, 1.82) is 0 Å². The van der Waals surface area contributed by atoms with Crippen LogP contribution >= 0.6 is 0 Å². The second kappa shape index (κ2) is 13.2. The lowest BCUT2D eigenvalue weighted by atomic mass is 10.0. The number of aromatic nitrogens is 6. The number of nitrogens with one attached hydrogen (secondary N) is 2. The zero-order valence-electron chi connectivity index (χ0n) is 28.0. The molecule has 4 aromatic heterocycles. The van der Waals surface area contributed by atoms with Crippen LogP contribution in [0.5, 0.6) is 0 Å². The van der Waals surface area contributed by atoms with Crippen molar-refractivity contribution >= 4 is 33.6 Å². The molecule has 9 rings (SSSR count). The van der Waals surface area contributed by atoms with Crippen LogP contribution in [0.15, 0.2) is 73.6 Å². The van der Waals surface area contributed by atoms with Crippen LogP contribution in [0.3, 0.4) is 0 Å². The number of piperidine rings is 2. The first kappa shape index (κ1) is 32.0. The Morgan fingerprint density at radius 2 is 1.14 bits per heavy atom. The van der Waals surface area contributed by atoms with E-state index >= 15 is 0 Å². The van der Waals surface area contributed by atoms with Gasteiger partial charge in [0.25, 0.3) is 0 Å². The maximum Gasteiger partial charge on any atom is 0.225 e. The number of benzene rings is 2. The lowest BCUT2D eigenvalue weighted by Crippen LogP contribution is -2.39. The Morgan fingerprint density at radius 1 is 0.680 bits per heavy atom. The summed E-state index contributed by atoms with van der Waals surface area (Å²) in [4.78, 5) is 33.8. The molecule has 2 saturated heterocycles. The molecule has 2 amide bonds. The van der Waals surface area contributed by atoms with Crippen molar-refractivity contribution < 1.29 is 18.4 Å². The Morgan fingerprint density at radius 3 is 1.58 bits per heavy atom. The van der Waals surface area contributed by atoms with Crippen molar-refractivity contribution in [2.75, 3.05) is 26.2 Å². The molecule has 6 aromatic rings. The summed E-state index contributed by atoms with van der Waals surface area (Å²) in [7, 11) is 0. The molecule has 50 heavy (non-hydrogen) atoms. The summed E-state index contributed by atoms with van der Waals surface area (Å²) in [5.41, 5.74) is 5.68. The average Bonchev–Trinajstić information content (AvgIpc) is 3.48. The molecule has 0 bridgehead atoms. The fourth-order valence-electron chi connectivity index (χ4n) is 7.41. The highest BCUT2D eigenvalue weighted by atomic mass is 19.1. The minimum atomic E-state index is -0.246. The number of carbonyl (C=O) groups excluding carboxylic acids is 2. The van der Waals surface area contributed by atoms with Crippen molar-refractivity contribution in [3.8, 4) is 22.3 Å². The van der Waals surface area contributed by atoms with Crippen LogP contribution in [0.25, 0.3) is 44.1 Å². The second-order valence-electron chi connectivity index (χ2n) is 13.8. The monoisotopic (exact) mass is 678 g/mol. The molecule has 0 radical (unpaired) electrons. The van der Waals surface area contributed by atoms with E-state index in [4.69, 9.17) is 0 Å². The molecule has 258 valence electrons. The van der Waals surface area contributed by atoms with Crippen LogP contribution in [0.1, 0.15) is 57.5 Å². The molecular formula is C38H40F2N8O2. The summed E-state index contributed by atoms with van der Waals surface area (Å²) in [6.07, 6.45) is 17.5. The van der Waals surface area contributed by atoms with Gasteiger partial charge in [0.1, 0.15) is 11.6 Å². The SMILES string of the molecule is CC(=O)N1CCC(n2cc(-c3c[nH]c4cc(F)ccc34)cn2)CC1.O=C(C1CC1)N1CCC(n2cc(-c3c[nH]c4cc(F)ccc34)cn2)CC1. The first-order valence-corrected chi connectivity index (χ1v) is 17.5. The number of halogens is 2. The predicted molar refractivity (Wildman–Crippen MR) is 187 cm³/mol. The summed E-state index contributed by atoms with van der Waals surface area (Å²) in [5, 5.41) is 11.1. The van der Waals surface area contributed by atoms with E-state index in [2.05, 4.69) is 26.4 Å². The number of H-pyrrole nitrogens is 2. The molecule has 2 aromatic carbocycles. The highest BCUT2D eigenvalue weighted by Gasteiger charge is 2.35. The minimum Gasteiger partial charge on any atom is -0.360 e. The molecule has 0 spiro atoms. The Labute approximate surface area is 288 Å². The zero-order chi connectivity index (χ0) is 34.4. The van der Waals surface area contributed by atoms with Crippen LogP contribution in [0.4, 0.5) is 8.78 Å². The van der Waals surface area contributed by atoms with Gasteiger partial charge < -0.3 is 19.8 Å². The highest BCUT2D eigenvalue weighted by Crippen LogP contribution is 2.35.